The van der Waals surface area contributed by atoms with Gasteiger partial charge < -0.3 is 14.9 Å². The summed E-state index contributed by atoms with van der Waals surface area (Å²) in [5, 5.41) is 18.7. The van der Waals surface area contributed by atoms with Gasteiger partial charge in [-0.15, -0.1) is 0 Å². The third-order valence-electron chi connectivity index (χ3n) is 2.02. The summed E-state index contributed by atoms with van der Waals surface area (Å²) in [4.78, 5) is 1.51. The Morgan fingerprint density at radius 3 is 2.27 bits per heavy atom. The topological polar surface area (TPSA) is 52.9 Å². The van der Waals surface area contributed by atoms with Crippen molar-refractivity contribution in [2.45, 2.75) is 39.0 Å². The van der Waals surface area contributed by atoms with E-state index in [-0.39, 0.29) is 6.10 Å². The molecule has 0 aromatic rings. The van der Waals surface area contributed by atoms with Gasteiger partial charge in [-0.2, -0.15) is 0 Å². The molecule has 4 nitrogen and oxygen atoms in total. The highest BCUT2D eigenvalue weighted by molar-refractivity contribution is 4.75. The van der Waals surface area contributed by atoms with Gasteiger partial charge in [0.1, 0.15) is 12.3 Å². The third-order valence-corrected chi connectivity index (χ3v) is 2.02. The smallest absolute Gasteiger partial charge is 0.218 e. The van der Waals surface area contributed by atoms with Crippen LogP contribution in [0.3, 0.4) is 0 Å². The molecule has 0 spiro atoms. The van der Waals surface area contributed by atoms with Crippen LogP contribution in [0.2, 0.25) is 0 Å². The van der Waals surface area contributed by atoms with Crippen molar-refractivity contribution in [3.63, 3.8) is 0 Å². The van der Waals surface area contributed by atoms with Crippen LogP contribution in [0.1, 0.15) is 20.3 Å². The van der Waals surface area contributed by atoms with E-state index in [1.54, 1.807) is 0 Å². The van der Waals surface area contributed by atoms with Gasteiger partial charge in [0.15, 0.2) is 0 Å². The first-order chi connectivity index (χ1) is 5.20. The number of ether oxygens (including phenoxy) is 1. The molecule has 1 aliphatic rings. The quantitative estimate of drug-likeness (QED) is 0.584. The van der Waals surface area contributed by atoms with Crippen LogP contribution in [0.25, 0.3) is 0 Å². The first-order valence-corrected chi connectivity index (χ1v) is 3.98. The summed E-state index contributed by atoms with van der Waals surface area (Å²) >= 11 is 0. The fourth-order valence-electron chi connectivity index (χ4n) is 1.30. The standard InChI is InChI=1S/C7H15NO3/c1-3-5-6(9)8(4-2)7(10)11-5/h5-7,9-10H,3-4H2,1-2H3. The molecule has 66 valence electrons. The molecule has 0 aliphatic carbocycles. The van der Waals surface area contributed by atoms with E-state index in [1.165, 1.54) is 4.90 Å². The lowest BCUT2D eigenvalue weighted by Crippen LogP contribution is -2.38. The summed E-state index contributed by atoms with van der Waals surface area (Å²) in [7, 11) is 0. The number of nitrogens with zero attached hydrogens (tertiary/aromatic N) is 1. The maximum Gasteiger partial charge on any atom is 0.218 e. The molecule has 4 heteroatoms. The van der Waals surface area contributed by atoms with Gasteiger partial charge in [-0.25, -0.2) is 4.90 Å². The lowest BCUT2D eigenvalue weighted by atomic mass is 10.2. The minimum absolute atomic E-state index is 0.245. The van der Waals surface area contributed by atoms with Crippen LogP contribution in [0, 0.1) is 0 Å². The second-order valence-corrected chi connectivity index (χ2v) is 2.65. The SMILES string of the molecule is CCC1OC(O)N(CC)C1O. The molecule has 0 aromatic heterocycles. The van der Waals surface area contributed by atoms with Crippen molar-refractivity contribution < 1.29 is 14.9 Å². The molecule has 1 aliphatic heterocycles. The lowest BCUT2D eigenvalue weighted by Gasteiger charge is -2.19. The van der Waals surface area contributed by atoms with Crippen molar-refractivity contribution in [3.8, 4) is 0 Å². The molecule has 1 fully saturated rings. The van der Waals surface area contributed by atoms with E-state index in [0.29, 0.717) is 13.0 Å². The van der Waals surface area contributed by atoms with Gasteiger partial charge >= 0.3 is 0 Å². The van der Waals surface area contributed by atoms with E-state index >= 15 is 0 Å². The molecule has 0 bridgehead atoms. The van der Waals surface area contributed by atoms with Crippen LogP contribution in [-0.2, 0) is 4.74 Å². The summed E-state index contributed by atoms with van der Waals surface area (Å²) in [6.07, 6.45) is -1.11. The second-order valence-electron chi connectivity index (χ2n) is 2.65. The van der Waals surface area contributed by atoms with Crippen LogP contribution in [0.15, 0.2) is 0 Å². The van der Waals surface area contributed by atoms with Crippen LogP contribution in [0.4, 0.5) is 0 Å². The number of aliphatic hydroxyl groups excluding tert-OH is 2. The van der Waals surface area contributed by atoms with Gasteiger partial charge in [-0.3, -0.25) is 0 Å². The van der Waals surface area contributed by atoms with Crippen molar-refractivity contribution in [1.82, 2.24) is 4.90 Å². The Kier molecular flexibility index (Phi) is 2.84. The van der Waals surface area contributed by atoms with Crippen LogP contribution < -0.4 is 0 Å². The molecule has 11 heavy (non-hydrogen) atoms. The van der Waals surface area contributed by atoms with Crippen molar-refractivity contribution >= 4 is 0 Å². The van der Waals surface area contributed by atoms with E-state index in [4.69, 9.17) is 4.74 Å². The summed E-state index contributed by atoms with van der Waals surface area (Å²) in [6, 6.07) is 0. The van der Waals surface area contributed by atoms with Gasteiger partial charge in [0, 0.05) is 6.54 Å². The zero-order valence-electron chi connectivity index (χ0n) is 6.90. The molecule has 1 rings (SSSR count). The molecule has 1 heterocycles. The summed E-state index contributed by atoms with van der Waals surface area (Å²) in [5.41, 5.74) is 0. The summed E-state index contributed by atoms with van der Waals surface area (Å²) in [5.74, 6) is 0. The molecule has 3 atom stereocenters. The lowest BCUT2D eigenvalue weighted by molar-refractivity contribution is -0.152. The predicted molar refractivity (Wildman–Crippen MR) is 39.6 cm³/mol. The van der Waals surface area contributed by atoms with E-state index in [0.717, 1.165) is 0 Å². The van der Waals surface area contributed by atoms with Crippen molar-refractivity contribution in [3.05, 3.63) is 0 Å². The Bertz CT molecular complexity index is 131. The van der Waals surface area contributed by atoms with Crippen LogP contribution >= 0.6 is 0 Å². The summed E-state index contributed by atoms with van der Waals surface area (Å²) < 4.78 is 5.06. The minimum atomic E-state index is -0.931. The van der Waals surface area contributed by atoms with Gasteiger partial charge in [0.05, 0.1) is 0 Å². The first-order valence-electron chi connectivity index (χ1n) is 3.98. The minimum Gasteiger partial charge on any atom is -0.375 e. The van der Waals surface area contributed by atoms with Crippen molar-refractivity contribution in [1.29, 1.82) is 0 Å². The van der Waals surface area contributed by atoms with E-state index in [9.17, 15) is 10.2 Å². The zero-order chi connectivity index (χ0) is 8.43. The molecule has 0 aromatic carbocycles. The molecule has 2 N–H and O–H groups in total. The first kappa shape index (κ1) is 8.93. The predicted octanol–water partition coefficient (Wildman–Crippen LogP) is -0.289. The second kappa shape index (κ2) is 3.49. The Labute approximate surface area is 66.4 Å². The Hall–Kier alpha value is -0.160. The van der Waals surface area contributed by atoms with E-state index < -0.39 is 12.6 Å². The number of aliphatic hydroxyl groups is 2. The Morgan fingerprint density at radius 1 is 1.36 bits per heavy atom. The number of hydrogen-bond acceptors (Lipinski definition) is 4. The fraction of sp³-hybridized carbons (Fsp3) is 1.00. The molecule has 3 unspecified atom stereocenters. The Balaban J connectivity index is 2.55. The van der Waals surface area contributed by atoms with Gasteiger partial charge in [-0.1, -0.05) is 13.8 Å². The molecule has 0 amide bonds. The largest absolute Gasteiger partial charge is 0.375 e. The van der Waals surface area contributed by atoms with Crippen molar-refractivity contribution in [2.75, 3.05) is 6.54 Å². The normalized spacial score (nSPS) is 39.8. The molecule has 0 saturated carbocycles. The highest BCUT2D eigenvalue weighted by Gasteiger charge is 2.37. The molecular weight excluding hydrogens is 146 g/mol. The number of hydrogen-bond donors (Lipinski definition) is 2. The monoisotopic (exact) mass is 161 g/mol. The number of rotatable bonds is 2. The zero-order valence-corrected chi connectivity index (χ0v) is 6.90. The maximum atomic E-state index is 9.46. The highest BCUT2D eigenvalue weighted by Crippen LogP contribution is 2.21. The molecule has 0 radical (unpaired) electrons. The van der Waals surface area contributed by atoms with E-state index in [2.05, 4.69) is 0 Å². The number of likely N-dealkylation sites (N-methyl/N-ethyl adjacent to an activating group) is 1. The molecule has 1 saturated heterocycles. The van der Waals surface area contributed by atoms with Gasteiger partial charge in [0.2, 0.25) is 6.41 Å². The fourth-order valence-corrected chi connectivity index (χ4v) is 1.30. The van der Waals surface area contributed by atoms with Gasteiger partial charge in [0.25, 0.3) is 0 Å². The van der Waals surface area contributed by atoms with Crippen molar-refractivity contribution in [2.24, 2.45) is 0 Å². The maximum absolute atomic E-state index is 9.46. The highest BCUT2D eigenvalue weighted by atomic mass is 16.7. The average molecular weight is 161 g/mol. The van der Waals surface area contributed by atoms with Crippen LogP contribution in [0.5, 0.6) is 0 Å². The summed E-state index contributed by atoms with van der Waals surface area (Å²) in [6.45, 7) is 4.38. The van der Waals surface area contributed by atoms with E-state index in [1.807, 2.05) is 13.8 Å². The third kappa shape index (κ3) is 1.54. The average Bonchev–Trinajstić information content (AvgIpc) is 2.26. The van der Waals surface area contributed by atoms with Gasteiger partial charge in [-0.05, 0) is 6.42 Å². The van der Waals surface area contributed by atoms with Crippen LogP contribution in [-0.4, -0.2) is 40.4 Å². The Morgan fingerprint density at radius 2 is 2.00 bits per heavy atom. The molecular formula is C7H15NO3.